The predicted molar refractivity (Wildman–Crippen MR) is 67.6 cm³/mol. The Bertz CT molecular complexity index is 189. The van der Waals surface area contributed by atoms with E-state index in [-0.39, 0.29) is 0 Å². The Hall–Kier alpha value is -0.0800. The van der Waals surface area contributed by atoms with Gasteiger partial charge in [0.1, 0.15) is 0 Å². The van der Waals surface area contributed by atoms with E-state index in [4.69, 9.17) is 4.74 Å². The quantitative estimate of drug-likeness (QED) is 0.776. The van der Waals surface area contributed by atoms with Gasteiger partial charge < -0.3 is 10.1 Å². The van der Waals surface area contributed by atoms with Gasteiger partial charge >= 0.3 is 0 Å². The topological polar surface area (TPSA) is 21.3 Å². The average molecular weight is 225 g/mol. The third-order valence-corrected chi connectivity index (χ3v) is 4.44. The summed E-state index contributed by atoms with van der Waals surface area (Å²) in [4.78, 5) is 0. The van der Waals surface area contributed by atoms with Gasteiger partial charge in [0.05, 0.1) is 6.10 Å². The Labute approximate surface area is 100 Å². The Balaban J connectivity index is 1.59. The molecule has 94 valence electrons. The lowest BCUT2D eigenvalue weighted by Gasteiger charge is -2.24. The van der Waals surface area contributed by atoms with Crippen LogP contribution in [0, 0.1) is 5.92 Å². The fourth-order valence-corrected chi connectivity index (χ4v) is 3.39. The van der Waals surface area contributed by atoms with Crippen LogP contribution in [0.5, 0.6) is 0 Å². The summed E-state index contributed by atoms with van der Waals surface area (Å²) in [5, 5.41) is 3.70. The maximum atomic E-state index is 5.50. The molecule has 0 spiro atoms. The third kappa shape index (κ3) is 3.46. The first-order valence-corrected chi connectivity index (χ1v) is 7.16. The summed E-state index contributed by atoms with van der Waals surface area (Å²) in [5.41, 5.74) is 0. The highest BCUT2D eigenvalue weighted by molar-refractivity contribution is 4.84. The van der Waals surface area contributed by atoms with Crippen molar-refractivity contribution in [2.24, 2.45) is 5.92 Å². The third-order valence-electron chi connectivity index (χ3n) is 4.44. The van der Waals surface area contributed by atoms with Crippen molar-refractivity contribution in [2.75, 3.05) is 13.7 Å². The van der Waals surface area contributed by atoms with E-state index >= 15 is 0 Å². The molecule has 2 unspecified atom stereocenters. The molecule has 2 rings (SSSR count). The van der Waals surface area contributed by atoms with E-state index in [1.54, 1.807) is 0 Å². The molecule has 2 atom stereocenters. The summed E-state index contributed by atoms with van der Waals surface area (Å²) in [6.45, 7) is 1.20. The minimum atomic E-state index is 0.478. The Morgan fingerprint density at radius 1 is 1.00 bits per heavy atom. The molecule has 0 heterocycles. The van der Waals surface area contributed by atoms with Crippen molar-refractivity contribution in [3.8, 4) is 0 Å². The van der Waals surface area contributed by atoms with Crippen molar-refractivity contribution in [2.45, 2.75) is 69.9 Å². The summed E-state index contributed by atoms with van der Waals surface area (Å²) in [7, 11) is 1.85. The van der Waals surface area contributed by atoms with Crippen LogP contribution in [0.15, 0.2) is 0 Å². The lowest BCUT2D eigenvalue weighted by molar-refractivity contribution is 0.0846. The Kier molecular flexibility index (Phi) is 5.11. The molecule has 0 aromatic heterocycles. The largest absolute Gasteiger partial charge is 0.380 e. The fourth-order valence-electron chi connectivity index (χ4n) is 3.39. The molecule has 1 N–H and O–H groups in total. The average Bonchev–Trinajstić information content (AvgIpc) is 2.78. The first kappa shape index (κ1) is 12.4. The van der Waals surface area contributed by atoms with Crippen molar-refractivity contribution < 1.29 is 4.74 Å². The van der Waals surface area contributed by atoms with Gasteiger partial charge in [0.15, 0.2) is 0 Å². The maximum Gasteiger partial charge on any atom is 0.0724 e. The van der Waals surface area contributed by atoms with E-state index in [1.807, 2.05) is 7.11 Å². The molecule has 0 aromatic carbocycles. The van der Waals surface area contributed by atoms with Gasteiger partial charge in [-0.15, -0.1) is 0 Å². The van der Waals surface area contributed by atoms with E-state index in [9.17, 15) is 0 Å². The van der Waals surface area contributed by atoms with Gasteiger partial charge in [-0.2, -0.15) is 0 Å². The molecule has 0 saturated heterocycles. The van der Waals surface area contributed by atoms with Gasteiger partial charge in [0, 0.05) is 13.2 Å². The second kappa shape index (κ2) is 6.61. The first-order chi connectivity index (χ1) is 7.90. The van der Waals surface area contributed by atoms with Gasteiger partial charge in [-0.05, 0) is 38.1 Å². The van der Waals surface area contributed by atoms with Crippen LogP contribution >= 0.6 is 0 Å². The highest BCUT2D eigenvalue weighted by Gasteiger charge is 2.26. The minimum Gasteiger partial charge on any atom is -0.380 e. The van der Waals surface area contributed by atoms with Crippen LogP contribution in [0.4, 0.5) is 0 Å². The molecule has 2 aliphatic carbocycles. The molecule has 0 radical (unpaired) electrons. The monoisotopic (exact) mass is 225 g/mol. The maximum absolute atomic E-state index is 5.50. The molecule has 2 saturated carbocycles. The number of ether oxygens (including phenoxy) is 1. The summed E-state index contributed by atoms with van der Waals surface area (Å²) in [6.07, 6.45) is 13.1. The number of rotatable bonds is 5. The van der Waals surface area contributed by atoms with Crippen molar-refractivity contribution in [1.82, 2.24) is 5.32 Å². The van der Waals surface area contributed by atoms with Gasteiger partial charge in [-0.1, -0.05) is 32.1 Å². The standard InChI is InChI=1S/C14H27NO/c1-16-14-9-5-8-13(14)15-11-10-12-6-3-2-4-7-12/h12-15H,2-11H2,1H3. The van der Waals surface area contributed by atoms with Gasteiger partial charge in [0.2, 0.25) is 0 Å². The van der Waals surface area contributed by atoms with E-state index in [2.05, 4.69) is 5.32 Å². The highest BCUT2D eigenvalue weighted by atomic mass is 16.5. The zero-order valence-corrected chi connectivity index (χ0v) is 10.7. The smallest absolute Gasteiger partial charge is 0.0724 e. The molecule has 2 heteroatoms. The first-order valence-electron chi connectivity index (χ1n) is 7.16. The Morgan fingerprint density at radius 3 is 2.56 bits per heavy atom. The van der Waals surface area contributed by atoms with E-state index in [0.717, 1.165) is 5.92 Å². The second-order valence-electron chi connectivity index (χ2n) is 5.56. The molecule has 2 aliphatic rings. The predicted octanol–water partition coefficient (Wildman–Crippen LogP) is 3.11. The Morgan fingerprint density at radius 2 is 1.81 bits per heavy atom. The molecule has 0 bridgehead atoms. The summed E-state index contributed by atoms with van der Waals surface area (Å²) >= 11 is 0. The van der Waals surface area contributed by atoms with E-state index in [1.165, 1.54) is 64.3 Å². The van der Waals surface area contributed by atoms with Gasteiger partial charge in [0.25, 0.3) is 0 Å². The van der Waals surface area contributed by atoms with Crippen molar-refractivity contribution in [3.63, 3.8) is 0 Å². The van der Waals surface area contributed by atoms with Crippen LogP contribution < -0.4 is 5.32 Å². The van der Waals surface area contributed by atoms with Crippen molar-refractivity contribution in [1.29, 1.82) is 0 Å². The molecular formula is C14H27NO. The molecule has 16 heavy (non-hydrogen) atoms. The number of hydrogen-bond donors (Lipinski definition) is 1. The molecule has 0 aromatic rings. The minimum absolute atomic E-state index is 0.478. The van der Waals surface area contributed by atoms with Crippen LogP contribution in [0.1, 0.15) is 57.8 Å². The van der Waals surface area contributed by atoms with Crippen molar-refractivity contribution >= 4 is 0 Å². The van der Waals surface area contributed by atoms with Crippen LogP contribution in [-0.2, 0) is 4.74 Å². The SMILES string of the molecule is COC1CCCC1NCCC1CCCCC1. The molecule has 2 nitrogen and oxygen atoms in total. The molecule has 0 amide bonds. The highest BCUT2D eigenvalue weighted by Crippen LogP contribution is 2.26. The summed E-state index contributed by atoms with van der Waals surface area (Å²) in [6, 6.07) is 0.633. The molecular weight excluding hydrogens is 198 g/mol. The lowest BCUT2D eigenvalue weighted by atomic mass is 9.87. The summed E-state index contributed by atoms with van der Waals surface area (Å²) < 4.78 is 5.50. The normalized spacial score (nSPS) is 32.1. The molecule has 2 fully saturated rings. The van der Waals surface area contributed by atoms with E-state index < -0.39 is 0 Å². The zero-order valence-electron chi connectivity index (χ0n) is 10.7. The number of nitrogens with one attached hydrogen (secondary N) is 1. The number of hydrogen-bond acceptors (Lipinski definition) is 2. The zero-order chi connectivity index (χ0) is 11.2. The molecule has 0 aliphatic heterocycles. The van der Waals surface area contributed by atoms with Crippen LogP contribution in [0.25, 0.3) is 0 Å². The van der Waals surface area contributed by atoms with Crippen LogP contribution in [0.3, 0.4) is 0 Å². The summed E-state index contributed by atoms with van der Waals surface area (Å²) in [5.74, 6) is 1.00. The second-order valence-corrected chi connectivity index (χ2v) is 5.56. The van der Waals surface area contributed by atoms with Crippen LogP contribution in [-0.4, -0.2) is 25.8 Å². The fraction of sp³-hybridized carbons (Fsp3) is 1.00. The van der Waals surface area contributed by atoms with Crippen LogP contribution in [0.2, 0.25) is 0 Å². The lowest BCUT2D eigenvalue weighted by Crippen LogP contribution is -2.37. The van der Waals surface area contributed by atoms with Gasteiger partial charge in [-0.3, -0.25) is 0 Å². The van der Waals surface area contributed by atoms with Gasteiger partial charge in [-0.25, -0.2) is 0 Å². The number of methoxy groups -OCH3 is 1. The van der Waals surface area contributed by atoms with E-state index in [0.29, 0.717) is 12.1 Å². The van der Waals surface area contributed by atoms with Crippen molar-refractivity contribution in [3.05, 3.63) is 0 Å².